The Morgan fingerprint density at radius 1 is 0.575 bits per heavy atom. The molecule has 228 valence electrons. The van der Waals surface area contributed by atoms with Crippen molar-refractivity contribution >= 4 is 0 Å². The van der Waals surface area contributed by atoms with E-state index in [-0.39, 0.29) is 12.2 Å². The lowest BCUT2D eigenvalue weighted by Gasteiger charge is -2.41. The highest BCUT2D eigenvalue weighted by Crippen LogP contribution is 2.44. The second kappa shape index (κ2) is 14.1. The third kappa shape index (κ3) is 8.60. The van der Waals surface area contributed by atoms with Gasteiger partial charge in [0.15, 0.2) is 0 Å². The number of rotatable bonds is 6. The van der Waals surface area contributed by atoms with E-state index in [0.29, 0.717) is 24.7 Å². The van der Waals surface area contributed by atoms with Crippen LogP contribution >= 0.6 is 0 Å². The lowest BCUT2D eigenvalue weighted by Crippen LogP contribution is -2.37. The highest BCUT2D eigenvalue weighted by molar-refractivity contribution is 5.03. The summed E-state index contributed by atoms with van der Waals surface area (Å²) in [7, 11) is 0. The van der Waals surface area contributed by atoms with E-state index in [4.69, 9.17) is 4.74 Å². The zero-order chi connectivity index (χ0) is 28.1. The predicted octanol–water partition coefficient (Wildman–Crippen LogP) is 11.0. The number of hydrogen-bond donors (Lipinski definition) is 0. The van der Waals surface area contributed by atoms with Crippen LogP contribution in [0, 0.1) is 53.3 Å². The molecule has 5 fully saturated rings. The van der Waals surface area contributed by atoms with Crippen LogP contribution in [-0.2, 0) is 4.74 Å². The summed E-state index contributed by atoms with van der Waals surface area (Å²) in [6.45, 7) is 3.26. The molecule has 2 unspecified atom stereocenters. The van der Waals surface area contributed by atoms with Crippen molar-refractivity contribution in [2.75, 3.05) is 6.61 Å². The van der Waals surface area contributed by atoms with Crippen LogP contribution in [0.1, 0.15) is 122 Å². The molecule has 0 aromatic heterocycles. The van der Waals surface area contributed by atoms with Gasteiger partial charge >= 0.3 is 6.18 Å². The monoisotopic (exact) mass is 566 g/mol. The van der Waals surface area contributed by atoms with Crippen LogP contribution in [0.25, 0.3) is 0 Å². The van der Waals surface area contributed by atoms with Crippen LogP contribution in [0.4, 0.5) is 17.6 Å². The molecule has 5 heteroatoms. The molecule has 4 saturated carbocycles. The minimum absolute atomic E-state index is 0.146. The van der Waals surface area contributed by atoms with Crippen LogP contribution < -0.4 is 0 Å². The zero-order valence-corrected chi connectivity index (χ0v) is 24.9. The lowest BCUT2D eigenvalue weighted by molar-refractivity contribution is -0.0832. The first kappa shape index (κ1) is 30.6. The van der Waals surface area contributed by atoms with Gasteiger partial charge in [-0.05, 0) is 150 Å². The highest BCUT2D eigenvalue weighted by Gasteiger charge is 2.37. The maximum Gasteiger partial charge on any atom is 0.412 e. The smallest absolute Gasteiger partial charge is 0.378 e. The summed E-state index contributed by atoms with van der Waals surface area (Å²) in [4.78, 5) is 0. The molecule has 4 aliphatic carbocycles. The van der Waals surface area contributed by atoms with Gasteiger partial charge in [-0.15, -0.1) is 0 Å². The highest BCUT2D eigenvalue weighted by atomic mass is 19.4. The van der Waals surface area contributed by atoms with E-state index < -0.39 is 17.9 Å². The van der Waals surface area contributed by atoms with E-state index in [1.165, 1.54) is 83.5 Å². The molecule has 5 rings (SSSR count). The molecule has 2 atom stereocenters. The Labute approximate surface area is 241 Å². The fourth-order valence-electron chi connectivity index (χ4n) is 9.27. The van der Waals surface area contributed by atoms with Crippen molar-refractivity contribution < 1.29 is 22.3 Å². The molecule has 0 N–H and O–H groups in total. The maximum absolute atomic E-state index is 14.0. The van der Waals surface area contributed by atoms with Crippen molar-refractivity contribution in [2.45, 2.75) is 135 Å². The molecule has 1 nitrogen and oxygen atoms in total. The first-order valence-electron chi connectivity index (χ1n) is 17.0. The van der Waals surface area contributed by atoms with E-state index in [1.807, 2.05) is 0 Å². The van der Waals surface area contributed by atoms with Crippen molar-refractivity contribution in [3.63, 3.8) is 0 Å². The van der Waals surface area contributed by atoms with E-state index in [9.17, 15) is 17.6 Å². The Hall–Kier alpha value is -0.840. The number of allylic oxidation sites excluding steroid dienone is 4. The summed E-state index contributed by atoms with van der Waals surface area (Å²) in [5.41, 5.74) is 0. The lowest BCUT2D eigenvalue weighted by atomic mass is 9.69. The molecule has 1 saturated heterocycles. The molecule has 0 spiro atoms. The summed E-state index contributed by atoms with van der Waals surface area (Å²) in [5, 5.41) is 0. The molecule has 0 amide bonds. The van der Waals surface area contributed by atoms with Crippen molar-refractivity contribution in [3.8, 4) is 0 Å². The van der Waals surface area contributed by atoms with E-state index in [0.717, 1.165) is 61.4 Å². The zero-order valence-electron chi connectivity index (χ0n) is 24.9. The number of halogens is 4. The van der Waals surface area contributed by atoms with Gasteiger partial charge in [0.25, 0.3) is 0 Å². The quantitative estimate of drug-likeness (QED) is 0.229. The molecule has 40 heavy (non-hydrogen) atoms. The molecule has 0 aromatic carbocycles. The summed E-state index contributed by atoms with van der Waals surface area (Å²) in [6.07, 6.45) is 22.4. The van der Waals surface area contributed by atoms with Gasteiger partial charge in [0.1, 0.15) is 5.83 Å². The second-order valence-electron chi connectivity index (χ2n) is 14.6. The van der Waals surface area contributed by atoms with E-state index >= 15 is 0 Å². The van der Waals surface area contributed by atoms with Crippen LogP contribution in [-0.4, -0.2) is 18.9 Å². The number of alkyl halides is 3. The van der Waals surface area contributed by atoms with Gasteiger partial charge in [-0.2, -0.15) is 13.2 Å². The van der Waals surface area contributed by atoms with Gasteiger partial charge in [0.2, 0.25) is 0 Å². The normalized spacial score (nSPS) is 42.7. The van der Waals surface area contributed by atoms with E-state index in [2.05, 4.69) is 19.1 Å². The molecular weight excluding hydrogens is 512 g/mol. The van der Waals surface area contributed by atoms with Gasteiger partial charge in [0.05, 0.1) is 18.8 Å². The van der Waals surface area contributed by atoms with Crippen LogP contribution in [0.5, 0.6) is 0 Å². The minimum Gasteiger partial charge on any atom is -0.378 e. The summed E-state index contributed by atoms with van der Waals surface area (Å²) in [5.74, 6) is 4.79. The molecule has 0 bridgehead atoms. The average Bonchev–Trinajstić information content (AvgIpc) is 2.96. The standard InChI is InChI=1S/C35H54F4O/c1-24-2-10-27(11-3-24)28-12-6-25(7-13-28)4-5-26-8-14-29(15-9-26)32-20-21-34(40-23-32)31-18-16-30(17-19-31)33(36)22-35(37,38)39/h4-5,22,24-32,34H,2-3,6-21,23H2,1H3/b5-4+,33-22-. The topological polar surface area (TPSA) is 9.23 Å². The van der Waals surface area contributed by atoms with Crippen molar-refractivity contribution in [1.82, 2.24) is 0 Å². The second-order valence-corrected chi connectivity index (χ2v) is 14.6. The minimum atomic E-state index is -4.57. The van der Waals surface area contributed by atoms with Gasteiger partial charge in [-0.1, -0.05) is 31.9 Å². The summed E-state index contributed by atoms with van der Waals surface area (Å²) in [6, 6.07) is 0. The van der Waals surface area contributed by atoms with Crippen LogP contribution in [0.3, 0.4) is 0 Å². The third-order valence-corrected chi connectivity index (χ3v) is 12.0. The molecule has 5 aliphatic rings. The molecular formula is C35H54F4O. The average molecular weight is 567 g/mol. The first-order chi connectivity index (χ1) is 19.2. The molecule has 0 radical (unpaired) electrons. The largest absolute Gasteiger partial charge is 0.412 e. The molecule has 0 aromatic rings. The van der Waals surface area contributed by atoms with Crippen molar-refractivity contribution in [1.29, 1.82) is 0 Å². The van der Waals surface area contributed by atoms with Gasteiger partial charge in [-0.3, -0.25) is 0 Å². The Balaban J connectivity index is 0.962. The van der Waals surface area contributed by atoms with Crippen molar-refractivity contribution in [2.24, 2.45) is 53.3 Å². The van der Waals surface area contributed by atoms with Gasteiger partial charge in [0, 0.05) is 5.92 Å². The Kier molecular flexibility index (Phi) is 10.8. The van der Waals surface area contributed by atoms with Crippen LogP contribution in [0.15, 0.2) is 24.1 Å². The Bertz CT molecular complexity index is 809. The van der Waals surface area contributed by atoms with Crippen LogP contribution in [0.2, 0.25) is 0 Å². The predicted molar refractivity (Wildman–Crippen MR) is 154 cm³/mol. The Morgan fingerprint density at radius 2 is 1.02 bits per heavy atom. The molecule has 1 heterocycles. The Morgan fingerprint density at radius 3 is 1.50 bits per heavy atom. The maximum atomic E-state index is 14.0. The number of hydrogen-bond acceptors (Lipinski definition) is 1. The first-order valence-corrected chi connectivity index (χ1v) is 17.0. The fraction of sp³-hybridized carbons (Fsp3) is 0.886. The summed E-state index contributed by atoms with van der Waals surface area (Å²) < 4.78 is 57.8. The fourth-order valence-corrected chi connectivity index (χ4v) is 9.27. The van der Waals surface area contributed by atoms with Gasteiger partial charge in [-0.25, -0.2) is 4.39 Å². The SMILES string of the molecule is CC1CCC(C2CCC(/C=C/C3CCC(C4CCC(C5CCC(/C(F)=C/C(F)(F)F)CC5)OC4)CC3)CC2)CC1. The molecule has 1 aliphatic heterocycles. The third-order valence-electron chi connectivity index (χ3n) is 12.0. The number of ether oxygens (including phenoxy) is 1. The van der Waals surface area contributed by atoms with E-state index in [1.54, 1.807) is 0 Å². The summed E-state index contributed by atoms with van der Waals surface area (Å²) >= 11 is 0. The van der Waals surface area contributed by atoms with Crippen molar-refractivity contribution in [3.05, 3.63) is 24.1 Å². The van der Waals surface area contributed by atoms with Gasteiger partial charge < -0.3 is 4.74 Å².